The highest BCUT2D eigenvalue weighted by Crippen LogP contribution is 2.45. The van der Waals surface area contributed by atoms with E-state index in [-0.39, 0.29) is 0 Å². The number of pyridine rings is 1. The third-order valence-electron chi connectivity index (χ3n) is 13.8. The fourth-order valence-corrected chi connectivity index (χ4v) is 10.1. The van der Waals surface area contributed by atoms with Crippen molar-refractivity contribution in [3.05, 3.63) is 234 Å². The Morgan fingerprint density at radius 3 is 0.986 bits per heavy atom. The Bertz CT molecular complexity index is 4190. The summed E-state index contributed by atoms with van der Waals surface area (Å²) in [6.45, 7) is 0. The zero-order valence-corrected chi connectivity index (χ0v) is 38.9. The van der Waals surface area contributed by atoms with Crippen molar-refractivity contribution in [2.45, 2.75) is 6.18 Å². The van der Waals surface area contributed by atoms with E-state index >= 15 is 13.2 Å². The monoisotopic (exact) mass is 957 g/mol. The van der Waals surface area contributed by atoms with Crippen LogP contribution in [0, 0.1) is 45.3 Å². The zero-order chi connectivity index (χ0) is 50.7. The average molecular weight is 958 g/mol. The lowest BCUT2D eigenvalue weighted by Crippen LogP contribution is -2.08. The molecule has 0 saturated carbocycles. The average Bonchev–Trinajstić information content (AvgIpc) is 3.96. The van der Waals surface area contributed by atoms with Crippen molar-refractivity contribution in [1.29, 1.82) is 21.0 Å². The molecule has 0 aliphatic heterocycles. The molecule has 10 heteroatoms. The summed E-state index contributed by atoms with van der Waals surface area (Å²) >= 11 is 0. The second kappa shape index (κ2) is 17.7. The van der Waals surface area contributed by atoms with Crippen molar-refractivity contribution in [3.63, 3.8) is 0 Å². The van der Waals surface area contributed by atoms with Crippen LogP contribution < -0.4 is 0 Å². The van der Waals surface area contributed by atoms with Gasteiger partial charge in [-0.1, -0.05) is 78.9 Å². The molecule has 0 aliphatic rings. The third-order valence-corrected chi connectivity index (χ3v) is 13.8. The van der Waals surface area contributed by atoms with E-state index in [1.807, 2.05) is 120 Å². The van der Waals surface area contributed by atoms with Crippen molar-refractivity contribution < 1.29 is 13.2 Å². The maximum Gasteiger partial charge on any atom is 0.416 e. The van der Waals surface area contributed by atoms with Crippen LogP contribution in [0.25, 0.3) is 111 Å². The third kappa shape index (κ3) is 7.65. The smallest absolute Gasteiger partial charge is 0.309 e. The van der Waals surface area contributed by atoms with E-state index in [1.54, 1.807) is 60.9 Å². The summed E-state index contributed by atoms with van der Waals surface area (Å²) in [4.78, 5) is 4.63. The molecule has 0 unspecified atom stereocenters. The van der Waals surface area contributed by atoms with Crippen molar-refractivity contribution in [1.82, 2.24) is 14.1 Å². The fraction of sp³-hybridized carbons (Fsp3) is 0.0156. The Labute approximate surface area is 422 Å². The van der Waals surface area contributed by atoms with E-state index < -0.39 is 11.7 Å². The Hall–Kier alpha value is -10.5. The number of nitrogens with zero attached hydrogens (tertiary/aromatic N) is 7. The predicted octanol–water partition coefficient (Wildman–Crippen LogP) is 16.1. The van der Waals surface area contributed by atoms with Gasteiger partial charge in [-0.2, -0.15) is 34.2 Å². The van der Waals surface area contributed by atoms with E-state index in [0.717, 1.165) is 83.2 Å². The van der Waals surface area contributed by atoms with Crippen molar-refractivity contribution in [2.75, 3.05) is 0 Å². The van der Waals surface area contributed by atoms with Crippen LogP contribution in [0.15, 0.2) is 207 Å². The molecule has 12 aromatic rings. The Kier molecular flexibility index (Phi) is 10.7. The number of hydrogen-bond donors (Lipinski definition) is 0. The van der Waals surface area contributed by atoms with Gasteiger partial charge in [-0.15, -0.1) is 0 Å². The Morgan fingerprint density at radius 2 is 0.662 bits per heavy atom. The van der Waals surface area contributed by atoms with Crippen LogP contribution in [0.2, 0.25) is 0 Å². The molecular formula is C64H34F3N7. The van der Waals surface area contributed by atoms with Gasteiger partial charge >= 0.3 is 6.18 Å². The molecule has 3 aromatic heterocycles. The first kappa shape index (κ1) is 44.7. The van der Waals surface area contributed by atoms with Gasteiger partial charge in [0.1, 0.15) is 0 Å². The predicted molar refractivity (Wildman–Crippen MR) is 284 cm³/mol. The number of aromatic nitrogens is 3. The summed E-state index contributed by atoms with van der Waals surface area (Å²) in [7, 11) is 0. The second-order valence-electron chi connectivity index (χ2n) is 18.0. The molecule has 0 aliphatic carbocycles. The second-order valence-corrected chi connectivity index (χ2v) is 18.0. The lowest BCUT2D eigenvalue weighted by molar-refractivity contribution is -0.137. The van der Waals surface area contributed by atoms with Gasteiger partial charge in [-0.25, -0.2) is 0 Å². The first-order valence-corrected chi connectivity index (χ1v) is 23.5. The van der Waals surface area contributed by atoms with Crippen molar-refractivity contribution >= 4 is 43.6 Å². The summed E-state index contributed by atoms with van der Waals surface area (Å²) < 4.78 is 49.3. The standard InChI is InChI=1S/C64H34F3N7/c65-64(66,67)51-21-22-52(63(33-51)74-60-25-19-49(45-13-5-41(36-70)6-14-45)31-55(60)56-32-50(20-26-61(56)74)46-15-7-42(37-71)8-16-46)57-38-72-28-27-62(57)73-58-23-17-47(43-9-1-39(34-68)2-10-43)29-53(58)54-30-48(18-24-59(54)73)44-11-3-40(35-69)4-12-44/h1-33,38H. The minimum atomic E-state index is -4.68. The van der Waals surface area contributed by atoms with Crippen LogP contribution in [0.5, 0.6) is 0 Å². The highest BCUT2D eigenvalue weighted by Gasteiger charge is 2.32. The molecule has 0 N–H and O–H groups in total. The van der Waals surface area contributed by atoms with Gasteiger partial charge in [-0.05, 0) is 160 Å². The van der Waals surface area contributed by atoms with Gasteiger partial charge in [0.05, 0.1) is 85.5 Å². The number of fused-ring (bicyclic) bond motifs is 6. The van der Waals surface area contributed by atoms with Crippen LogP contribution in [-0.4, -0.2) is 14.1 Å². The molecule has 12 rings (SSSR count). The van der Waals surface area contributed by atoms with Gasteiger partial charge in [0.2, 0.25) is 0 Å². The van der Waals surface area contributed by atoms with Gasteiger partial charge in [0, 0.05) is 45.1 Å². The van der Waals surface area contributed by atoms with Crippen LogP contribution >= 0.6 is 0 Å². The zero-order valence-electron chi connectivity index (χ0n) is 38.9. The number of hydrogen-bond acceptors (Lipinski definition) is 5. The molecule has 0 radical (unpaired) electrons. The first-order valence-electron chi connectivity index (χ1n) is 23.5. The normalized spacial score (nSPS) is 11.4. The summed E-state index contributed by atoms with van der Waals surface area (Å²) in [6.07, 6.45) is -1.29. The SMILES string of the molecule is N#Cc1ccc(-c2ccc3c(c2)c2cc(-c4ccc(C#N)cc4)ccc2n3-c2ccncc2-c2ccc(C(F)(F)F)cc2-n2c3ccc(-c4ccc(C#N)cc4)cc3c3cc(-c4ccc(C#N)cc4)ccc32)cc1. The molecule has 0 fully saturated rings. The van der Waals surface area contributed by atoms with E-state index in [2.05, 4.69) is 46.0 Å². The van der Waals surface area contributed by atoms with Gasteiger partial charge < -0.3 is 9.13 Å². The van der Waals surface area contributed by atoms with Crippen molar-refractivity contribution in [2.24, 2.45) is 0 Å². The number of halogens is 3. The molecule has 74 heavy (non-hydrogen) atoms. The topological polar surface area (TPSA) is 118 Å². The summed E-state index contributed by atoms with van der Waals surface area (Å²) in [5, 5.41) is 41.5. The summed E-state index contributed by atoms with van der Waals surface area (Å²) in [5.74, 6) is 0. The van der Waals surface area contributed by atoms with Gasteiger partial charge in [-0.3, -0.25) is 4.98 Å². The molecule has 0 bridgehead atoms. The molecule has 0 amide bonds. The number of rotatable bonds is 7. The van der Waals surface area contributed by atoms with E-state index in [0.29, 0.717) is 55.8 Å². The molecular weight excluding hydrogens is 924 g/mol. The van der Waals surface area contributed by atoms with E-state index in [4.69, 9.17) is 0 Å². The molecule has 3 heterocycles. The number of nitriles is 4. The van der Waals surface area contributed by atoms with Crippen molar-refractivity contribution in [3.8, 4) is 91.3 Å². The number of alkyl halides is 3. The van der Waals surface area contributed by atoms with Crippen LogP contribution in [-0.2, 0) is 6.18 Å². The first-order chi connectivity index (χ1) is 36.1. The van der Waals surface area contributed by atoms with Gasteiger partial charge in [0.15, 0.2) is 0 Å². The van der Waals surface area contributed by atoms with Crippen LogP contribution in [0.4, 0.5) is 13.2 Å². The quantitative estimate of drug-likeness (QED) is 0.158. The van der Waals surface area contributed by atoms with E-state index in [9.17, 15) is 21.0 Å². The minimum Gasteiger partial charge on any atom is -0.309 e. The van der Waals surface area contributed by atoms with Crippen LogP contribution in [0.3, 0.4) is 0 Å². The molecule has 9 aromatic carbocycles. The summed E-state index contributed by atoms with van der Waals surface area (Å²) in [5.41, 5.74) is 13.6. The largest absolute Gasteiger partial charge is 0.416 e. The lowest BCUT2D eigenvalue weighted by atomic mass is 9.99. The highest BCUT2D eigenvalue weighted by atomic mass is 19.4. The molecule has 0 atom stereocenters. The molecule has 0 saturated heterocycles. The number of benzene rings is 9. The maximum atomic E-state index is 15.1. The maximum absolute atomic E-state index is 15.1. The molecule has 7 nitrogen and oxygen atoms in total. The summed E-state index contributed by atoms with van der Waals surface area (Å²) in [6, 6.07) is 68.1. The Balaban J connectivity index is 1.11. The fourth-order valence-electron chi connectivity index (χ4n) is 10.1. The van der Waals surface area contributed by atoms with Crippen LogP contribution in [0.1, 0.15) is 27.8 Å². The molecule has 346 valence electrons. The van der Waals surface area contributed by atoms with E-state index in [1.165, 1.54) is 12.1 Å². The minimum absolute atomic E-state index is 0.290. The molecule has 0 spiro atoms. The lowest BCUT2D eigenvalue weighted by Gasteiger charge is -2.20. The van der Waals surface area contributed by atoms with Gasteiger partial charge in [0.25, 0.3) is 0 Å². The highest BCUT2D eigenvalue weighted by molar-refractivity contribution is 6.14. The Morgan fingerprint density at radius 1 is 0.338 bits per heavy atom.